The Hall–Kier alpha value is -2.95. The summed E-state index contributed by atoms with van der Waals surface area (Å²) in [5, 5.41) is 0. The average molecular weight is 307 g/mol. The van der Waals surface area contributed by atoms with E-state index in [4.69, 9.17) is 0 Å². The zero-order valence-corrected chi connectivity index (χ0v) is 12.3. The highest BCUT2D eigenvalue weighted by atomic mass is 19.1. The number of nitrogens with one attached hydrogen (secondary N) is 1. The molecule has 0 saturated carbocycles. The maximum Gasteiger partial charge on any atom is 0.270 e. The normalized spacial score (nSPS) is 13.2. The van der Waals surface area contributed by atoms with Crippen molar-refractivity contribution in [2.75, 3.05) is 0 Å². The minimum absolute atomic E-state index is 0.0589. The fraction of sp³-hybridized carbons (Fsp3) is 0.111. The molecule has 0 fully saturated rings. The number of nitrogens with zero attached hydrogens (tertiary/aromatic N) is 2. The number of aromatic nitrogens is 2. The first-order chi connectivity index (χ1) is 11.2. The molecule has 1 N–H and O–H groups in total. The van der Waals surface area contributed by atoms with E-state index in [2.05, 4.69) is 9.97 Å². The highest BCUT2D eigenvalue weighted by Gasteiger charge is 2.25. The lowest BCUT2D eigenvalue weighted by Crippen LogP contribution is -2.25. The summed E-state index contributed by atoms with van der Waals surface area (Å²) in [4.78, 5) is 21.7. The fourth-order valence-electron chi connectivity index (χ4n) is 2.84. The molecule has 2 aromatic heterocycles. The van der Waals surface area contributed by atoms with Crippen LogP contribution in [0.15, 0.2) is 54.9 Å². The lowest BCUT2D eigenvalue weighted by atomic mass is 10.1. The summed E-state index contributed by atoms with van der Waals surface area (Å²) >= 11 is 0. The summed E-state index contributed by atoms with van der Waals surface area (Å²) in [6, 6.07) is 11.9. The van der Waals surface area contributed by atoms with Crippen LogP contribution in [0.3, 0.4) is 0 Å². The first-order valence-corrected chi connectivity index (χ1v) is 7.37. The number of pyridine rings is 1. The molecule has 1 aliphatic heterocycles. The van der Waals surface area contributed by atoms with Crippen molar-refractivity contribution in [1.29, 1.82) is 0 Å². The summed E-state index contributed by atoms with van der Waals surface area (Å²) < 4.78 is 13.0. The maximum atomic E-state index is 13.0. The van der Waals surface area contributed by atoms with E-state index in [1.54, 1.807) is 35.5 Å². The Morgan fingerprint density at radius 2 is 1.96 bits per heavy atom. The van der Waals surface area contributed by atoms with Crippen molar-refractivity contribution in [3.8, 4) is 11.1 Å². The molecule has 4 rings (SSSR count). The molecule has 0 radical (unpaired) electrons. The number of carbonyl (C=O) groups excluding carboxylic acids is 1. The van der Waals surface area contributed by atoms with Gasteiger partial charge in [-0.3, -0.25) is 9.78 Å². The monoisotopic (exact) mass is 307 g/mol. The SMILES string of the molecule is O=C(c1cc(-c2ccc(F)cc2)c[nH]1)N1Cc2cccnc2C1. The van der Waals surface area contributed by atoms with E-state index >= 15 is 0 Å². The van der Waals surface area contributed by atoms with E-state index in [1.807, 2.05) is 12.1 Å². The highest BCUT2D eigenvalue weighted by molar-refractivity contribution is 5.94. The second-order valence-corrected chi connectivity index (χ2v) is 5.58. The first kappa shape index (κ1) is 13.7. The van der Waals surface area contributed by atoms with E-state index < -0.39 is 0 Å². The van der Waals surface area contributed by atoms with Gasteiger partial charge >= 0.3 is 0 Å². The molecule has 0 aliphatic carbocycles. The van der Waals surface area contributed by atoms with Crippen LogP contribution in [0.5, 0.6) is 0 Å². The second-order valence-electron chi connectivity index (χ2n) is 5.58. The van der Waals surface area contributed by atoms with Gasteiger partial charge in [-0.25, -0.2) is 4.39 Å². The van der Waals surface area contributed by atoms with E-state index in [0.717, 1.165) is 22.4 Å². The molecule has 0 bridgehead atoms. The first-order valence-electron chi connectivity index (χ1n) is 7.37. The minimum Gasteiger partial charge on any atom is -0.357 e. The van der Waals surface area contributed by atoms with Crippen LogP contribution in [0.2, 0.25) is 0 Å². The van der Waals surface area contributed by atoms with Gasteiger partial charge in [-0.15, -0.1) is 0 Å². The van der Waals surface area contributed by atoms with Crippen molar-refractivity contribution in [1.82, 2.24) is 14.9 Å². The summed E-state index contributed by atoms with van der Waals surface area (Å²) in [7, 11) is 0. The average Bonchev–Trinajstić information content (AvgIpc) is 3.22. The van der Waals surface area contributed by atoms with Gasteiger partial charge in [0.25, 0.3) is 5.91 Å². The zero-order chi connectivity index (χ0) is 15.8. The van der Waals surface area contributed by atoms with Gasteiger partial charge in [0.05, 0.1) is 12.2 Å². The predicted molar refractivity (Wildman–Crippen MR) is 84.0 cm³/mol. The third-order valence-corrected chi connectivity index (χ3v) is 4.06. The largest absolute Gasteiger partial charge is 0.357 e. The van der Waals surface area contributed by atoms with Crippen LogP contribution < -0.4 is 0 Å². The number of hydrogen-bond donors (Lipinski definition) is 1. The molecule has 1 aromatic carbocycles. The van der Waals surface area contributed by atoms with Gasteiger partial charge in [0.1, 0.15) is 11.5 Å². The summed E-state index contributed by atoms with van der Waals surface area (Å²) in [5.74, 6) is -0.334. The van der Waals surface area contributed by atoms with Gasteiger partial charge in [0.15, 0.2) is 0 Å². The van der Waals surface area contributed by atoms with Gasteiger partial charge in [-0.1, -0.05) is 18.2 Å². The number of benzene rings is 1. The Morgan fingerprint density at radius 3 is 2.74 bits per heavy atom. The number of amides is 1. The summed E-state index contributed by atoms with van der Waals surface area (Å²) in [6.07, 6.45) is 3.51. The number of fused-ring (bicyclic) bond motifs is 1. The van der Waals surface area contributed by atoms with Crippen molar-refractivity contribution in [2.45, 2.75) is 13.1 Å². The number of H-pyrrole nitrogens is 1. The van der Waals surface area contributed by atoms with E-state index in [1.165, 1.54) is 12.1 Å². The lowest BCUT2D eigenvalue weighted by Gasteiger charge is -2.13. The van der Waals surface area contributed by atoms with Gasteiger partial charge in [-0.2, -0.15) is 0 Å². The number of aromatic amines is 1. The van der Waals surface area contributed by atoms with Crippen molar-refractivity contribution in [3.05, 3.63) is 77.6 Å². The molecule has 3 heterocycles. The van der Waals surface area contributed by atoms with Crippen LogP contribution in [-0.2, 0) is 13.1 Å². The van der Waals surface area contributed by atoms with Gasteiger partial charge in [0.2, 0.25) is 0 Å². The molecule has 0 atom stereocenters. The molecule has 114 valence electrons. The summed E-state index contributed by atoms with van der Waals surface area (Å²) in [6.45, 7) is 1.10. The Balaban J connectivity index is 1.55. The number of rotatable bonds is 2. The topological polar surface area (TPSA) is 49.0 Å². The van der Waals surface area contributed by atoms with Crippen molar-refractivity contribution < 1.29 is 9.18 Å². The predicted octanol–water partition coefficient (Wildman–Crippen LogP) is 3.37. The molecule has 1 amide bonds. The molecular formula is C18H14FN3O. The lowest BCUT2D eigenvalue weighted by molar-refractivity contribution is 0.0745. The quantitative estimate of drug-likeness (QED) is 0.789. The number of hydrogen-bond acceptors (Lipinski definition) is 2. The summed E-state index contributed by atoms with van der Waals surface area (Å²) in [5.41, 5.74) is 4.30. The van der Waals surface area contributed by atoms with E-state index in [9.17, 15) is 9.18 Å². The Kier molecular flexibility index (Phi) is 3.19. The second kappa shape index (κ2) is 5.35. The molecule has 4 nitrogen and oxygen atoms in total. The maximum absolute atomic E-state index is 13.0. The molecule has 23 heavy (non-hydrogen) atoms. The molecule has 0 unspecified atom stereocenters. The van der Waals surface area contributed by atoms with Crippen LogP contribution in [-0.4, -0.2) is 20.8 Å². The smallest absolute Gasteiger partial charge is 0.270 e. The van der Waals surface area contributed by atoms with Crippen LogP contribution in [0, 0.1) is 5.82 Å². The van der Waals surface area contributed by atoms with Gasteiger partial charge in [0, 0.05) is 18.9 Å². The Morgan fingerprint density at radius 1 is 1.13 bits per heavy atom. The fourth-order valence-corrected chi connectivity index (χ4v) is 2.84. The number of halogens is 1. The van der Waals surface area contributed by atoms with E-state index in [-0.39, 0.29) is 11.7 Å². The molecule has 1 aliphatic rings. The molecular weight excluding hydrogens is 293 g/mol. The Bertz CT molecular complexity index is 845. The minimum atomic E-state index is -0.275. The van der Waals surface area contributed by atoms with Crippen LogP contribution in [0.1, 0.15) is 21.7 Å². The molecule has 0 spiro atoms. The molecule has 0 saturated heterocycles. The zero-order valence-electron chi connectivity index (χ0n) is 12.3. The van der Waals surface area contributed by atoms with Gasteiger partial charge in [-0.05, 0) is 41.0 Å². The highest BCUT2D eigenvalue weighted by Crippen LogP contribution is 2.25. The van der Waals surface area contributed by atoms with Crippen LogP contribution in [0.4, 0.5) is 4.39 Å². The van der Waals surface area contributed by atoms with Crippen molar-refractivity contribution in [2.24, 2.45) is 0 Å². The van der Waals surface area contributed by atoms with Crippen LogP contribution >= 0.6 is 0 Å². The van der Waals surface area contributed by atoms with Gasteiger partial charge < -0.3 is 9.88 Å². The third kappa shape index (κ3) is 2.50. The van der Waals surface area contributed by atoms with Crippen molar-refractivity contribution >= 4 is 5.91 Å². The van der Waals surface area contributed by atoms with Crippen LogP contribution in [0.25, 0.3) is 11.1 Å². The Labute approximate surface area is 132 Å². The molecule has 3 aromatic rings. The standard InChI is InChI=1S/C18H14FN3O/c19-15-5-3-12(4-6-15)14-8-16(21-9-14)18(23)22-10-13-2-1-7-20-17(13)11-22/h1-9,21H,10-11H2. The van der Waals surface area contributed by atoms with E-state index in [0.29, 0.717) is 18.8 Å². The third-order valence-electron chi connectivity index (χ3n) is 4.06. The molecule has 5 heteroatoms. The number of carbonyl (C=O) groups is 1. The van der Waals surface area contributed by atoms with Crippen molar-refractivity contribution in [3.63, 3.8) is 0 Å².